The van der Waals surface area contributed by atoms with Gasteiger partial charge in [-0.05, 0) is 30.9 Å². The van der Waals surface area contributed by atoms with Gasteiger partial charge in [0.05, 0.1) is 12.6 Å². The predicted octanol–water partition coefficient (Wildman–Crippen LogP) is 2.82. The second kappa shape index (κ2) is 7.30. The zero-order valence-electron chi connectivity index (χ0n) is 17.0. The molecule has 3 aromatic heterocycles. The molecule has 0 radical (unpaired) electrons. The Labute approximate surface area is 176 Å². The summed E-state index contributed by atoms with van der Waals surface area (Å²) in [6.07, 6.45) is 2.56. The topological polar surface area (TPSA) is 84.9 Å². The predicted molar refractivity (Wildman–Crippen MR) is 109 cm³/mol. The van der Waals surface area contributed by atoms with E-state index in [2.05, 4.69) is 10.1 Å². The van der Waals surface area contributed by atoms with Crippen molar-refractivity contribution in [2.24, 2.45) is 13.0 Å². The van der Waals surface area contributed by atoms with Gasteiger partial charge in [0, 0.05) is 49.6 Å². The van der Waals surface area contributed by atoms with Gasteiger partial charge < -0.3 is 14.7 Å². The van der Waals surface area contributed by atoms with E-state index in [0.29, 0.717) is 35.9 Å². The van der Waals surface area contributed by atoms with Gasteiger partial charge in [-0.15, -0.1) is 0 Å². The summed E-state index contributed by atoms with van der Waals surface area (Å²) in [4.78, 5) is 18.5. The maximum absolute atomic E-state index is 13.4. The third kappa shape index (κ3) is 3.54. The number of nitrogens with zero attached hydrogens (tertiary/aromatic N) is 5. The van der Waals surface area contributed by atoms with Crippen LogP contribution in [0.15, 0.2) is 35.4 Å². The first-order chi connectivity index (χ1) is 14.8. The van der Waals surface area contributed by atoms with Gasteiger partial charge in [-0.1, -0.05) is 0 Å². The fraction of sp³-hybridized carbons (Fsp3) is 0.476. The number of aromatic nitrogens is 4. The highest BCUT2D eigenvalue weighted by molar-refractivity contribution is 5.69. The molecule has 1 fully saturated rings. The molecule has 0 bridgehead atoms. The highest BCUT2D eigenvalue weighted by Gasteiger charge is 2.38. The van der Waals surface area contributed by atoms with E-state index < -0.39 is 12.0 Å². The van der Waals surface area contributed by atoms with Crippen LogP contribution >= 0.6 is 0 Å². The Morgan fingerprint density at radius 1 is 1.29 bits per heavy atom. The van der Waals surface area contributed by atoms with E-state index in [1.54, 1.807) is 25.5 Å². The monoisotopic (exact) mass is 431 g/mol. The molecule has 1 aliphatic carbocycles. The minimum atomic E-state index is -2.63. The molecule has 8 nitrogen and oxygen atoms in total. The van der Waals surface area contributed by atoms with Crippen LogP contribution in [0.3, 0.4) is 0 Å². The van der Waals surface area contributed by atoms with Gasteiger partial charge >= 0.3 is 5.69 Å². The van der Waals surface area contributed by atoms with Crippen molar-refractivity contribution in [3.63, 3.8) is 0 Å². The number of rotatable bonds is 3. The van der Waals surface area contributed by atoms with E-state index in [9.17, 15) is 18.7 Å². The highest BCUT2D eigenvalue weighted by atomic mass is 19.3. The van der Waals surface area contributed by atoms with Crippen LogP contribution in [0, 0.1) is 5.92 Å². The van der Waals surface area contributed by atoms with Gasteiger partial charge in [0.2, 0.25) is 5.92 Å². The van der Waals surface area contributed by atoms with Crippen LogP contribution in [0.5, 0.6) is 5.75 Å². The highest BCUT2D eigenvalue weighted by Crippen LogP contribution is 2.43. The lowest BCUT2D eigenvalue weighted by molar-refractivity contribution is -0.0627. The number of hydrogen-bond acceptors (Lipinski definition) is 6. The van der Waals surface area contributed by atoms with Gasteiger partial charge in [-0.25, -0.2) is 23.2 Å². The van der Waals surface area contributed by atoms with Crippen molar-refractivity contribution in [3.8, 4) is 5.75 Å². The molecule has 164 valence electrons. The summed E-state index contributed by atoms with van der Waals surface area (Å²) in [5.41, 5.74) is 1.70. The molecule has 1 aliphatic heterocycles. The van der Waals surface area contributed by atoms with E-state index >= 15 is 0 Å². The second-order valence-electron chi connectivity index (χ2n) is 8.25. The molecule has 1 N–H and O–H groups in total. The van der Waals surface area contributed by atoms with Gasteiger partial charge in [0.15, 0.2) is 17.2 Å². The Bertz CT molecular complexity index is 1180. The summed E-state index contributed by atoms with van der Waals surface area (Å²) in [6.45, 7) is 0.983. The first-order valence-corrected chi connectivity index (χ1v) is 10.3. The van der Waals surface area contributed by atoms with Crippen molar-refractivity contribution in [2.75, 3.05) is 18.1 Å². The van der Waals surface area contributed by atoms with Crippen molar-refractivity contribution < 1.29 is 18.6 Å². The van der Waals surface area contributed by atoms with Gasteiger partial charge in [-0.3, -0.25) is 4.40 Å². The molecule has 2 aliphatic rings. The fourth-order valence-corrected chi connectivity index (χ4v) is 4.41. The molecule has 5 rings (SSSR count). The van der Waals surface area contributed by atoms with Crippen molar-refractivity contribution in [2.45, 2.75) is 37.7 Å². The second-order valence-corrected chi connectivity index (χ2v) is 8.25. The summed E-state index contributed by atoms with van der Waals surface area (Å²) in [5, 5.41) is 15.0. The Morgan fingerprint density at radius 3 is 2.84 bits per heavy atom. The summed E-state index contributed by atoms with van der Waals surface area (Å²) in [6, 6.07) is 5.37. The molecular formula is C21H23F2N5O3. The number of hydrogen-bond donors (Lipinski definition) is 1. The van der Waals surface area contributed by atoms with E-state index in [1.165, 1.54) is 9.08 Å². The molecule has 10 heteroatoms. The third-order valence-electron chi connectivity index (χ3n) is 6.20. The Morgan fingerprint density at radius 2 is 2.06 bits per heavy atom. The number of ether oxygens (including phenoxy) is 1. The van der Waals surface area contributed by atoms with Crippen LogP contribution in [0.1, 0.15) is 37.4 Å². The SMILES string of the molecule is Cn1nc2cc(N3CCOc4cc(C(O)C5CCC(F)(F)CC5)cnc43)ccn2c1=O. The summed E-state index contributed by atoms with van der Waals surface area (Å²) >= 11 is 0. The lowest BCUT2D eigenvalue weighted by atomic mass is 9.81. The number of aliphatic hydroxyl groups excluding tert-OH is 1. The molecule has 0 spiro atoms. The maximum Gasteiger partial charge on any atom is 0.350 e. The molecule has 3 aromatic rings. The van der Waals surface area contributed by atoms with Gasteiger partial charge in [-0.2, -0.15) is 5.10 Å². The van der Waals surface area contributed by atoms with E-state index in [-0.39, 0.29) is 37.3 Å². The van der Waals surface area contributed by atoms with E-state index in [1.807, 2.05) is 17.0 Å². The summed E-state index contributed by atoms with van der Waals surface area (Å²) < 4.78 is 35.4. The smallest absolute Gasteiger partial charge is 0.350 e. The average Bonchev–Trinajstić information content (AvgIpc) is 3.05. The zero-order chi connectivity index (χ0) is 21.8. The van der Waals surface area contributed by atoms with Crippen LogP contribution in [0.2, 0.25) is 0 Å². The van der Waals surface area contributed by atoms with Crippen molar-refractivity contribution in [1.82, 2.24) is 19.2 Å². The number of aliphatic hydroxyl groups is 1. The molecule has 1 saturated carbocycles. The number of aryl methyl sites for hydroxylation is 1. The first-order valence-electron chi connectivity index (χ1n) is 10.3. The van der Waals surface area contributed by atoms with Crippen molar-refractivity contribution in [1.29, 1.82) is 0 Å². The summed E-state index contributed by atoms with van der Waals surface area (Å²) in [5.74, 6) is -1.72. The minimum Gasteiger partial charge on any atom is -0.488 e. The van der Waals surface area contributed by atoms with Crippen LogP contribution in [-0.4, -0.2) is 43.3 Å². The quantitative estimate of drug-likeness (QED) is 0.687. The van der Waals surface area contributed by atoms with Crippen LogP contribution in [0.4, 0.5) is 20.3 Å². The third-order valence-corrected chi connectivity index (χ3v) is 6.20. The molecule has 0 amide bonds. The minimum absolute atomic E-state index is 0.198. The number of anilines is 2. The first kappa shape index (κ1) is 19.9. The van der Waals surface area contributed by atoms with Gasteiger partial charge in [0.25, 0.3) is 0 Å². The van der Waals surface area contributed by atoms with Crippen LogP contribution < -0.4 is 15.3 Å². The standard InChI is InChI=1S/C21H23F2N5O3/c1-26-20(30)28-7-4-15(11-17(28)25-26)27-8-9-31-16-10-14(12-24-19(16)27)18(29)13-2-5-21(22,23)6-3-13/h4,7,10-13,18,29H,2-3,5-6,8-9H2,1H3. The molecule has 0 saturated heterocycles. The largest absolute Gasteiger partial charge is 0.488 e. The van der Waals surface area contributed by atoms with E-state index in [0.717, 1.165) is 5.69 Å². The molecule has 4 heterocycles. The number of halogens is 2. The van der Waals surface area contributed by atoms with Crippen LogP contribution in [-0.2, 0) is 7.05 Å². The lowest BCUT2D eigenvalue weighted by Gasteiger charge is -2.33. The molecule has 0 aromatic carbocycles. The molecular weight excluding hydrogens is 408 g/mol. The van der Waals surface area contributed by atoms with Crippen LogP contribution in [0.25, 0.3) is 5.65 Å². The van der Waals surface area contributed by atoms with Crippen molar-refractivity contribution in [3.05, 3.63) is 46.6 Å². The Hall–Kier alpha value is -3.01. The molecule has 1 atom stereocenters. The lowest BCUT2D eigenvalue weighted by Crippen LogP contribution is -2.30. The average molecular weight is 431 g/mol. The number of pyridine rings is 2. The zero-order valence-corrected chi connectivity index (χ0v) is 17.0. The summed E-state index contributed by atoms with van der Waals surface area (Å²) in [7, 11) is 1.60. The number of alkyl halides is 2. The Kier molecular flexibility index (Phi) is 4.69. The fourth-order valence-electron chi connectivity index (χ4n) is 4.41. The normalized spacial score (nSPS) is 19.8. The van der Waals surface area contributed by atoms with Crippen molar-refractivity contribution >= 4 is 17.2 Å². The maximum atomic E-state index is 13.4. The van der Waals surface area contributed by atoms with Gasteiger partial charge in [0.1, 0.15) is 6.61 Å². The van der Waals surface area contributed by atoms with E-state index in [4.69, 9.17) is 4.74 Å². The number of fused-ring (bicyclic) bond motifs is 2. The molecule has 31 heavy (non-hydrogen) atoms. The Balaban J connectivity index is 1.42. The molecule has 1 unspecified atom stereocenters.